The molecule has 0 heterocycles. The number of carbonyl (C=O) groups excluding carboxylic acids is 3. The van der Waals surface area contributed by atoms with Gasteiger partial charge < -0.3 is 37.8 Å². The van der Waals surface area contributed by atoms with Gasteiger partial charge in [-0.1, -0.05) is 32.0 Å². The molecule has 226 valence electrons. The summed E-state index contributed by atoms with van der Waals surface area (Å²) in [4.78, 5) is 62.3. The summed E-state index contributed by atoms with van der Waals surface area (Å²) in [7, 11) is 0. The number of benzene rings is 2. The molecule has 2 aromatic carbocycles. The highest BCUT2D eigenvalue weighted by molar-refractivity contribution is 6.04. The number of carbonyl (C=O) groups is 4. The number of aromatic carboxylic acids is 1. The first-order valence-electron chi connectivity index (χ1n) is 13.1. The van der Waals surface area contributed by atoms with Crippen LogP contribution in [0.4, 0.5) is 11.4 Å². The summed E-state index contributed by atoms with van der Waals surface area (Å²) in [5, 5.41) is 38.6. The predicted molar refractivity (Wildman–Crippen MR) is 155 cm³/mol. The number of hydrogen-bond donors (Lipinski definition) is 8. The van der Waals surface area contributed by atoms with Crippen LogP contribution in [0.3, 0.4) is 0 Å². The predicted octanol–water partition coefficient (Wildman–Crippen LogP) is 1.28. The molecule has 3 amide bonds. The normalized spacial score (nSPS) is 12.1. The average Bonchev–Trinajstić information content (AvgIpc) is 2.93. The molecule has 42 heavy (non-hydrogen) atoms. The second-order valence-electron chi connectivity index (χ2n) is 9.85. The third-order valence-corrected chi connectivity index (χ3v) is 6.10. The second-order valence-corrected chi connectivity index (χ2v) is 9.85. The minimum Gasteiger partial charge on any atom is -0.478 e. The van der Waals surface area contributed by atoms with Crippen LogP contribution in [0.25, 0.3) is 0 Å². The SMILES string of the molecule is CC(C)C[C@H](NC(=O)[C@H](CCCNC(=N)N)NC(=O)c1cc(CN)ccc1[N+](=O)[O-])C(=O)Nc1ccccc1C(=O)O. The Hall–Kier alpha value is -5.05. The maximum atomic E-state index is 13.5. The fourth-order valence-electron chi connectivity index (χ4n) is 4.06. The van der Waals surface area contributed by atoms with Crippen LogP contribution in [0.1, 0.15) is 59.4 Å². The summed E-state index contributed by atoms with van der Waals surface area (Å²) in [6.45, 7) is 3.87. The van der Waals surface area contributed by atoms with Crippen molar-refractivity contribution in [2.24, 2.45) is 17.4 Å². The smallest absolute Gasteiger partial charge is 0.337 e. The zero-order valence-electron chi connectivity index (χ0n) is 23.3. The van der Waals surface area contributed by atoms with Gasteiger partial charge in [0.2, 0.25) is 11.8 Å². The summed E-state index contributed by atoms with van der Waals surface area (Å²) in [5.74, 6) is -3.90. The van der Waals surface area contributed by atoms with Gasteiger partial charge in [0.25, 0.3) is 11.6 Å². The number of amides is 3. The van der Waals surface area contributed by atoms with Gasteiger partial charge in [-0.05, 0) is 48.9 Å². The Labute approximate surface area is 242 Å². The summed E-state index contributed by atoms with van der Waals surface area (Å²) in [5.41, 5.74) is 10.6. The van der Waals surface area contributed by atoms with Crippen LogP contribution in [0.15, 0.2) is 42.5 Å². The third-order valence-electron chi connectivity index (χ3n) is 6.10. The maximum Gasteiger partial charge on any atom is 0.337 e. The molecule has 0 aliphatic rings. The Bertz CT molecular complexity index is 1330. The summed E-state index contributed by atoms with van der Waals surface area (Å²) >= 11 is 0. The van der Waals surface area contributed by atoms with Crippen molar-refractivity contribution in [1.29, 1.82) is 5.41 Å². The van der Waals surface area contributed by atoms with Crippen LogP contribution in [0.5, 0.6) is 0 Å². The molecule has 15 heteroatoms. The first kappa shape index (κ1) is 33.2. The highest BCUT2D eigenvalue weighted by Crippen LogP contribution is 2.21. The van der Waals surface area contributed by atoms with Gasteiger partial charge in [-0.2, -0.15) is 0 Å². The Kier molecular flexibility index (Phi) is 12.4. The zero-order chi connectivity index (χ0) is 31.4. The van der Waals surface area contributed by atoms with E-state index in [1.54, 1.807) is 6.07 Å². The average molecular weight is 585 g/mol. The molecule has 0 unspecified atom stereocenters. The van der Waals surface area contributed by atoms with E-state index in [9.17, 15) is 34.4 Å². The molecule has 0 saturated carbocycles. The Morgan fingerprint density at radius 3 is 2.31 bits per heavy atom. The Balaban J connectivity index is 2.33. The molecule has 0 fully saturated rings. The van der Waals surface area contributed by atoms with E-state index in [4.69, 9.17) is 16.9 Å². The summed E-state index contributed by atoms with van der Waals surface area (Å²) in [6.07, 6.45) is 0.472. The fraction of sp³-hybridized carbons (Fsp3) is 0.370. The van der Waals surface area contributed by atoms with Gasteiger partial charge in [-0.3, -0.25) is 29.9 Å². The number of rotatable bonds is 15. The second kappa shape index (κ2) is 15.7. The molecule has 0 radical (unpaired) electrons. The van der Waals surface area contributed by atoms with E-state index in [1.807, 2.05) is 13.8 Å². The molecule has 2 atom stereocenters. The molecule has 15 nitrogen and oxygen atoms in total. The highest BCUT2D eigenvalue weighted by Gasteiger charge is 2.30. The van der Waals surface area contributed by atoms with E-state index in [-0.39, 0.29) is 61.0 Å². The minimum absolute atomic E-state index is 0.0237. The number of nitro groups is 1. The van der Waals surface area contributed by atoms with Crippen molar-refractivity contribution in [3.63, 3.8) is 0 Å². The number of carboxylic acids is 1. The first-order valence-corrected chi connectivity index (χ1v) is 13.1. The number of carboxylic acid groups (broad SMARTS) is 1. The van der Waals surface area contributed by atoms with E-state index >= 15 is 0 Å². The van der Waals surface area contributed by atoms with Crippen LogP contribution in [0.2, 0.25) is 0 Å². The van der Waals surface area contributed by atoms with E-state index in [1.165, 1.54) is 30.3 Å². The van der Waals surface area contributed by atoms with Crippen LogP contribution in [-0.2, 0) is 16.1 Å². The van der Waals surface area contributed by atoms with Gasteiger partial charge in [-0.25, -0.2) is 4.79 Å². The van der Waals surface area contributed by atoms with Crippen LogP contribution in [-0.4, -0.2) is 58.3 Å². The number of para-hydroxylation sites is 1. The molecule has 2 aromatic rings. The van der Waals surface area contributed by atoms with Gasteiger partial charge in [0.15, 0.2) is 5.96 Å². The lowest BCUT2D eigenvalue weighted by atomic mass is 10.0. The molecule has 0 saturated heterocycles. The lowest BCUT2D eigenvalue weighted by Gasteiger charge is -2.24. The number of anilines is 1. The van der Waals surface area contributed by atoms with Crippen molar-refractivity contribution < 1.29 is 29.2 Å². The first-order chi connectivity index (χ1) is 19.8. The van der Waals surface area contributed by atoms with Crippen molar-refractivity contribution in [3.8, 4) is 0 Å². The van der Waals surface area contributed by atoms with Crippen LogP contribution in [0, 0.1) is 21.4 Å². The van der Waals surface area contributed by atoms with E-state index in [0.717, 1.165) is 6.07 Å². The lowest BCUT2D eigenvalue weighted by molar-refractivity contribution is -0.385. The van der Waals surface area contributed by atoms with Crippen molar-refractivity contribution in [3.05, 3.63) is 69.3 Å². The topological polar surface area (TPSA) is 256 Å². The Morgan fingerprint density at radius 2 is 1.71 bits per heavy atom. The van der Waals surface area contributed by atoms with Gasteiger partial charge >= 0.3 is 5.97 Å². The highest BCUT2D eigenvalue weighted by atomic mass is 16.6. The lowest BCUT2D eigenvalue weighted by Crippen LogP contribution is -2.53. The third kappa shape index (κ3) is 9.85. The number of guanidine groups is 1. The van der Waals surface area contributed by atoms with E-state index in [0.29, 0.717) is 5.56 Å². The maximum absolute atomic E-state index is 13.5. The van der Waals surface area contributed by atoms with Crippen molar-refractivity contribution in [2.75, 3.05) is 11.9 Å². The van der Waals surface area contributed by atoms with Gasteiger partial charge in [0.05, 0.1) is 16.2 Å². The molecule has 0 spiro atoms. The number of nitrogens with one attached hydrogen (secondary N) is 5. The fourth-order valence-corrected chi connectivity index (χ4v) is 4.06. The van der Waals surface area contributed by atoms with Crippen LogP contribution >= 0.6 is 0 Å². The molecule has 0 aromatic heterocycles. The monoisotopic (exact) mass is 584 g/mol. The van der Waals surface area contributed by atoms with Gasteiger partial charge in [0.1, 0.15) is 17.6 Å². The molecule has 2 rings (SSSR count). The number of hydrogen-bond acceptors (Lipinski definition) is 8. The van der Waals surface area contributed by atoms with Crippen molar-refractivity contribution in [2.45, 2.75) is 51.7 Å². The standard InChI is InChI=1S/C27H36N8O7/c1-15(2)12-21(25(38)32-19-7-4-3-6-17(19)26(39)40)34-24(37)20(8-5-11-31-27(29)30)33-23(36)18-13-16(14-28)9-10-22(18)35(41)42/h3-4,6-7,9-10,13,15,20-21H,5,8,11-12,14,28H2,1-2H3,(H,32,38)(H,33,36)(H,34,37)(H,39,40)(H4,29,30,31)/t20-,21-/m0/s1. The number of nitrogens with two attached hydrogens (primary N) is 2. The molecule has 0 bridgehead atoms. The summed E-state index contributed by atoms with van der Waals surface area (Å²) in [6, 6.07) is 7.31. The number of nitro benzene ring substituents is 1. The largest absolute Gasteiger partial charge is 0.478 e. The molecular weight excluding hydrogens is 548 g/mol. The number of nitrogens with zero attached hydrogens (tertiary/aromatic N) is 1. The van der Waals surface area contributed by atoms with E-state index in [2.05, 4.69) is 21.3 Å². The van der Waals surface area contributed by atoms with Crippen LogP contribution < -0.4 is 32.7 Å². The molecular formula is C27H36N8O7. The quantitative estimate of drug-likeness (QED) is 0.0489. The van der Waals surface area contributed by atoms with Crippen molar-refractivity contribution in [1.82, 2.24) is 16.0 Å². The molecule has 0 aliphatic heterocycles. The molecule has 0 aliphatic carbocycles. The van der Waals surface area contributed by atoms with Crippen molar-refractivity contribution >= 4 is 41.0 Å². The zero-order valence-corrected chi connectivity index (χ0v) is 23.3. The Morgan fingerprint density at radius 1 is 1.02 bits per heavy atom. The van der Waals surface area contributed by atoms with E-state index < -0.39 is 46.4 Å². The molecule has 10 N–H and O–H groups in total. The minimum atomic E-state index is -1.25. The van der Waals surface area contributed by atoms with Gasteiger partial charge in [-0.15, -0.1) is 0 Å². The van der Waals surface area contributed by atoms with Gasteiger partial charge in [0, 0.05) is 19.2 Å². The summed E-state index contributed by atoms with van der Waals surface area (Å²) < 4.78 is 0.